The molecule has 0 aromatic heterocycles. The Kier molecular flexibility index (Phi) is 6.97. The number of ether oxygens (including phenoxy) is 3. The largest absolute Gasteiger partial charge is 0.493 e. The third-order valence-corrected chi connectivity index (χ3v) is 3.95. The van der Waals surface area contributed by atoms with Gasteiger partial charge in [-0.1, -0.05) is 0 Å². The third-order valence-electron chi connectivity index (χ3n) is 3.95. The van der Waals surface area contributed by atoms with E-state index in [1.54, 1.807) is 42.5 Å². The molecule has 0 radical (unpaired) electrons. The average molecular weight is 386 g/mol. The molecule has 0 fully saturated rings. The first-order valence-corrected chi connectivity index (χ1v) is 8.38. The predicted octanol–water partition coefficient (Wildman–Crippen LogP) is 2.48. The van der Waals surface area contributed by atoms with Crippen LogP contribution in [-0.4, -0.2) is 45.7 Å². The molecule has 0 aliphatic carbocycles. The summed E-state index contributed by atoms with van der Waals surface area (Å²) >= 11 is 0. The predicted molar refractivity (Wildman–Crippen MR) is 104 cm³/mol. The highest BCUT2D eigenvalue weighted by molar-refractivity contribution is 6.02. The SMILES string of the molecule is COC(=O)c1ccc(NC(=O)CN(C(C)=O)c2ccc(OC)c(OC)c2)cc1. The molecule has 8 nitrogen and oxygen atoms in total. The number of hydrogen-bond acceptors (Lipinski definition) is 6. The van der Waals surface area contributed by atoms with Crippen LogP contribution >= 0.6 is 0 Å². The Hall–Kier alpha value is -3.55. The van der Waals surface area contributed by atoms with Crippen molar-refractivity contribution in [2.45, 2.75) is 6.92 Å². The van der Waals surface area contributed by atoms with Gasteiger partial charge in [0.25, 0.3) is 0 Å². The zero-order valence-electron chi connectivity index (χ0n) is 16.1. The van der Waals surface area contributed by atoms with E-state index in [0.29, 0.717) is 28.4 Å². The number of amides is 2. The topological polar surface area (TPSA) is 94.2 Å². The van der Waals surface area contributed by atoms with Crippen molar-refractivity contribution in [1.82, 2.24) is 0 Å². The summed E-state index contributed by atoms with van der Waals surface area (Å²) in [5.41, 5.74) is 1.37. The van der Waals surface area contributed by atoms with Gasteiger partial charge in [-0.25, -0.2) is 4.79 Å². The number of esters is 1. The lowest BCUT2D eigenvalue weighted by molar-refractivity contribution is -0.120. The minimum Gasteiger partial charge on any atom is -0.493 e. The first kappa shape index (κ1) is 20.8. The van der Waals surface area contributed by atoms with Gasteiger partial charge in [0.1, 0.15) is 6.54 Å². The summed E-state index contributed by atoms with van der Waals surface area (Å²) in [7, 11) is 4.30. The highest BCUT2D eigenvalue weighted by Crippen LogP contribution is 2.31. The van der Waals surface area contributed by atoms with Crippen molar-refractivity contribution in [2.75, 3.05) is 38.1 Å². The molecule has 0 aliphatic rings. The number of nitrogens with zero attached hydrogens (tertiary/aromatic N) is 1. The van der Waals surface area contributed by atoms with Gasteiger partial charge in [-0.3, -0.25) is 9.59 Å². The first-order valence-electron chi connectivity index (χ1n) is 8.38. The molecule has 0 spiro atoms. The highest BCUT2D eigenvalue weighted by Gasteiger charge is 2.18. The lowest BCUT2D eigenvalue weighted by Gasteiger charge is -2.22. The van der Waals surface area contributed by atoms with Crippen molar-refractivity contribution in [3.8, 4) is 11.5 Å². The maximum Gasteiger partial charge on any atom is 0.337 e. The van der Waals surface area contributed by atoms with Crippen molar-refractivity contribution in [3.05, 3.63) is 48.0 Å². The lowest BCUT2D eigenvalue weighted by Crippen LogP contribution is -2.36. The van der Waals surface area contributed by atoms with Crippen LogP contribution in [0.5, 0.6) is 11.5 Å². The van der Waals surface area contributed by atoms with Crippen molar-refractivity contribution in [1.29, 1.82) is 0 Å². The van der Waals surface area contributed by atoms with Gasteiger partial charge in [0.05, 0.1) is 26.9 Å². The van der Waals surface area contributed by atoms with Gasteiger partial charge in [-0.2, -0.15) is 0 Å². The average Bonchev–Trinajstić information content (AvgIpc) is 2.71. The van der Waals surface area contributed by atoms with E-state index in [2.05, 4.69) is 10.1 Å². The molecule has 28 heavy (non-hydrogen) atoms. The van der Waals surface area contributed by atoms with Gasteiger partial charge in [-0.15, -0.1) is 0 Å². The molecule has 0 aliphatic heterocycles. The van der Waals surface area contributed by atoms with Crippen LogP contribution in [0, 0.1) is 0 Å². The van der Waals surface area contributed by atoms with Crippen molar-refractivity contribution in [3.63, 3.8) is 0 Å². The molecule has 0 atom stereocenters. The van der Waals surface area contributed by atoms with Crippen molar-refractivity contribution in [2.24, 2.45) is 0 Å². The molecule has 1 N–H and O–H groups in total. The second-order valence-electron chi connectivity index (χ2n) is 5.76. The molecule has 2 aromatic carbocycles. The molecule has 2 amide bonds. The van der Waals surface area contributed by atoms with E-state index in [0.717, 1.165) is 0 Å². The molecule has 8 heteroatoms. The second kappa shape index (κ2) is 9.40. The normalized spacial score (nSPS) is 10.0. The summed E-state index contributed by atoms with van der Waals surface area (Å²) in [6.07, 6.45) is 0. The van der Waals surface area contributed by atoms with Gasteiger partial charge in [-0.05, 0) is 36.4 Å². The number of rotatable bonds is 7. The van der Waals surface area contributed by atoms with E-state index < -0.39 is 11.9 Å². The molecular formula is C20H22N2O6. The fourth-order valence-electron chi connectivity index (χ4n) is 2.53. The summed E-state index contributed by atoms with van der Waals surface area (Å²) in [5, 5.41) is 2.69. The number of hydrogen-bond donors (Lipinski definition) is 1. The molecule has 0 heterocycles. The first-order chi connectivity index (χ1) is 13.4. The molecule has 0 saturated carbocycles. The zero-order chi connectivity index (χ0) is 20.7. The number of anilines is 2. The number of carbonyl (C=O) groups is 3. The zero-order valence-corrected chi connectivity index (χ0v) is 16.1. The van der Waals surface area contributed by atoms with Crippen molar-refractivity contribution >= 4 is 29.2 Å². The molecule has 148 valence electrons. The fraction of sp³-hybridized carbons (Fsp3) is 0.250. The Morgan fingerprint density at radius 2 is 1.57 bits per heavy atom. The summed E-state index contributed by atoms with van der Waals surface area (Å²) in [4.78, 5) is 37.2. The van der Waals surface area contributed by atoms with Crippen LogP contribution in [0.1, 0.15) is 17.3 Å². The number of benzene rings is 2. The quantitative estimate of drug-likeness (QED) is 0.735. The third kappa shape index (κ3) is 5.00. The summed E-state index contributed by atoms with van der Waals surface area (Å²) in [5.74, 6) is -0.191. The van der Waals surface area contributed by atoms with E-state index in [9.17, 15) is 14.4 Å². The minimum absolute atomic E-state index is 0.191. The molecule has 2 rings (SSSR count). The molecule has 0 unspecified atom stereocenters. The molecule has 2 aromatic rings. The second-order valence-corrected chi connectivity index (χ2v) is 5.76. The molecule has 0 bridgehead atoms. The van der Waals surface area contributed by atoms with Crippen LogP contribution in [0.3, 0.4) is 0 Å². The Labute approximate surface area is 163 Å². The van der Waals surface area contributed by atoms with Gasteiger partial charge in [0.15, 0.2) is 11.5 Å². The van der Waals surface area contributed by atoms with E-state index in [1.165, 1.54) is 33.2 Å². The smallest absolute Gasteiger partial charge is 0.337 e. The number of nitrogens with one attached hydrogen (secondary N) is 1. The van der Waals surface area contributed by atoms with Crippen LogP contribution < -0.4 is 19.7 Å². The Balaban J connectivity index is 2.13. The van der Waals surface area contributed by atoms with Gasteiger partial charge in [0, 0.05) is 24.4 Å². The van der Waals surface area contributed by atoms with Crippen LogP contribution in [0.15, 0.2) is 42.5 Å². The highest BCUT2D eigenvalue weighted by atomic mass is 16.5. The summed E-state index contributed by atoms with van der Waals surface area (Å²) < 4.78 is 15.1. The van der Waals surface area contributed by atoms with Crippen molar-refractivity contribution < 1.29 is 28.6 Å². The van der Waals surface area contributed by atoms with E-state index in [-0.39, 0.29) is 12.5 Å². The van der Waals surface area contributed by atoms with E-state index >= 15 is 0 Å². The van der Waals surface area contributed by atoms with E-state index in [1.807, 2.05) is 0 Å². The monoisotopic (exact) mass is 386 g/mol. The Bertz CT molecular complexity index is 863. The standard InChI is InChI=1S/C20H22N2O6/c1-13(23)22(16-9-10-17(26-2)18(11-16)27-3)12-19(24)21-15-7-5-14(6-8-15)20(25)28-4/h5-11H,12H2,1-4H3,(H,21,24). The Morgan fingerprint density at radius 1 is 0.929 bits per heavy atom. The maximum atomic E-state index is 12.4. The van der Waals surface area contributed by atoms with E-state index in [4.69, 9.17) is 9.47 Å². The molecular weight excluding hydrogens is 364 g/mol. The number of carbonyl (C=O) groups excluding carboxylic acids is 3. The van der Waals surface area contributed by atoms with Gasteiger partial charge in [0.2, 0.25) is 11.8 Å². The fourth-order valence-corrected chi connectivity index (χ4v) is 2.53. The number of methoxy groups -OCH3 is 3. The van der Waals surface area contributed by atoms with Gasteiger partial charge >= 0.3 is 5.97 Å². The Morgan fingerprint density at radius 3 is 2.11 bits per heavy atom. The maximum absolute atomic E-state index is 12.4. The lowest BCUT2D eigenvalue weighted by atomic mass is 10.2. The van der Waals surface area contributed by atoms with Crippen LogP contribution in [-0.2, 0) is 14.3 Å². The van der Waals surface area contributed by atoms with Crippen LogP contribution in [0.4, 0.5) is 11.4 Å². The van der Waals surface area contributed by atoms with Crippen LogP contribution in [0.25, 0.3) is 0 Å². The summed E-state index contributed by atoms with van der Waals surface area (Å²) in [6, 6.07) is 11.2. The summed E-state index contributed by atoms with van der Waals surface area (Å²) in [6.45, 7) is 1.18. The van der Waals surface area contributed by atoms with Gasteiger partial charge < -0.3 is 24.4 Å². The van der Waals surface area contributed by atoms with Crippen LogP contribution in [0.2, 0.25) is 0 Å². The minimum atomic E-state index is -0.464. The molecule has 0 saturated heterocycles.